The zero-order valence-electron chi connectivity index (χ0n) is 10.1. The molecule has 0 bridgehead atoms. The first-order valence-corrected chi connectivity index (χ1v) is 4.95. The molecule has 0 rings (SSSR count). The van der Waals surface area contributed by atoms with Crippen molar-refractivity contribution < 1.29 is 23.9 Å². The van der Waals surface area contributed by atoms with Crippen molar-refractivity contribution in [3.63, 3.8) is 0 Å². The number of allylic oxidation sites excluding steroid dienone is 1. The summed E-state index contributed by atoms with van der Waals surface area (Å²) in [5, 5.41) is 5.40. The minimum Gasteiger partial charge on any atom is -0.463 e. The Kier molecular flexibility index (Phi) is 12.7. The Balaban J connectivity index is 0. The third-order valence-corrected chi connectivity index (χ3v) is 1.48. The van der Waals surface area contributed by atoms with E-state index in [1.807, 2.05) is 6.92 Å². The van der Waals surface area contributed by atoms with Crippen LogP contribution in [0.25, 0.3) is 0 Å². The van der Waals surface area contributed by atoms with Gasteiger partial charge in [-0.1, -0.05) is 6.58 Å². The van der Waals surface area contributed by atoms with Gasteiger partial charge in [-0.3, -0.25) is 9.59 Å². The van der Waals surface area contributed by atoms with Crippen molar-refractivity contribution in [2.75, 3.05) is 19.8 Å². The van der Waals surface area contributed by atoms with Crippen molar-refractivity contribution >= 4 is 17.8 Å². The quantitative estimate of drug-likeness (QED) is 0.180. The van der Waals surface area contributed by atoms with Gasteiger partial charge in [0.2, 0.25) is 6.08 Å². The molecule has 1 N–H and O–H groups in total. The molecule has 0 fully saturated rings. The normalized spacial score (nSPS) is 8.35. The fraction of sp³-hybridized carbons (Fsp3) is 0.545. The van der Waals surface area contributed by atoms with E-state index in [1.165, 1.54) is 0 Å². The van der Waals surface area contributed by atoms with Gasteiger partial charge in [-0.2, -0.15) is 0 Å². The maximum Gasteiger partial charge on any atom is 0.313 e. The minimum atomic E-state index is -0.530. The summed E-state index contributed by atoms with van der Waals surface area (Å²) in [7, 11) is 0. The molecule has 0 aromatic heterocycles. The van der Waals surface area contributed by atoms with E-state index < -0.39 is 5.97 Å². The number of Topliss-reactive ketones (excluding diaryl/α,β-unsaturated/α-hetero) is 1. The second-order valence-corrected chi connectivity index (χ2v) is 2.90. The molecule has 0 saturated heterocycles. The van der Waals surface area contributed by atoms with Crippen LogP contribution in [0.3, 0.4) is 0 Å². The fourth-order valence-corrected chi connectivity index (χ4v) is 0.692. The van der Waals surface area contributed by atoms with Crippen LogP contribution in [0.4, 0.5) is 0 Å². The predicted octanol–water partition coefficient (Wildman–Crippen LogP) is 1.00. The zero-order chi connectivity index (χ0) is 13.7. The smallest absolute Gasteiger partial charge is 0.313 e. The summed E-state index contributed by atoms with van der Waals surface area (Å²) in [6.07, 6.45) is 0.515. The average molecular weight is 243 g/mol. The summed E-state index contributed by atoms with van der Waals surface area (Å²) in [6, 6.07) is 0. The minimum absolute atomic E-state index is 0.191. The number of hydrogen-bond acceptors (Lipinski definition) is 6. The lowest BCUT2D eigenvalue weighted by Gasteiger charge is -2.03. The van der Waals surface area contributed by atoms with E-state index in [2.05, 4.69) is 6.58 Å². The van der Waals surface area contributed by atoms with Gasteiger partial charge in [-0.25, -0.2) is 10.2 Å². The Hall–Kier alpha value is -1.78. The summed E-state index contributed by atoms with van der Waals surface area (Å²) < 4.78 is 9.70. The first kappa shape index (κ1) is 17.6. The molecule has 0 aliphatic rings. The van der Waals surface area contributed by atoms with Crippen LogP contribution in [-0.4, -0.2) is 37.7 Å². The van der Waals surface area contributed by atoms with E-state index in [1.54, 1.807) is 6.92 Å². The second-order valence-electron chi connectivity index (χ2n) is 2.90. The summed E-state index contributed by atoms with van der Waals surface area (Å²) in [6.45, 7) is 8.00. The molecule has 17 heavy (non-hydrogen) atoms. The van der Waals surface area contributed by atoms with Crippen LogP contribution in [-0.2, 0) is 23.9 Å². The largest absolute Gasteiger partial charge is 0.463 e. The number of nitrogens with one attached hydrogen (secondary N) is 1. The van der Waals surface area contributed by atoms with Gasteiger partial charge in [-0.05, 0) is 19.4 Å². The lowest BCUT2D eigenvalue weighted by Crippen LogP contribution is -2.14. The van der Waals surface area contributed by atoms with Crippen LogP contribution < -0.4 is 0 Å². The van der Waals surface area contributed by atoms with Gasteiger partial charge in [-0.15, -0.1) is 0 Å². The topological polar surface area (TPSA) is 93.5 Å². The van der Waals surface area contributed by atoms with Crippen molar-refractivity contribution in [2.45, 2.75) is 20.3 Å². The lowest BCUT2D eigenvalue weighted by atomic mass is 10.2. The molecule has 0 atom stereocenters. The highest BCUT2D eigenvalue weighted by Gasteiger charge is 2.10. The molecule has 0 aliphatic heterocycles. The SMILES string of the molecule is C=C(C)C(=O)CC(=O)OCCOCC.N=C=O. The van der Waals surface area contributed by atoms with E-state index in [-0.39, 0.29) is 18.8 Å². The van der Waals surface area contributed by atoms with Crippen LogP contribution >= 0.6 is 0 Å². The number of ketones is 1. The van der Waals surface area contributed by atoms with Gasteiger partial charge in [0.25, 0.3) is 0 Å². The molecule has 6 nitrogen and oxygen atoms in total. The highest BCUT2D eigenvalue weighted by atomic mass is 16.6. The Bertz CT molecular complexity index is 292. The molecule has 0 heterocycles. The second kappa shape index (κ2) is 12.3. The molecule has 96 valence electrons. The van der Waals surface area contributed by atoms with E-state index in [4.69, 9.17) is 19.7 Å². The number of carbonyl (C=O) groups is 2. The van der Waals surface area contributed by atoms with Crippen LogP contribution in [0.1, 0.15) is 20.3 Å². The highest BCUT2D eigenvalue weighted by molar-refractivity contribution is 6.04. The molecular weight excluding hydrogens is 226 g/mol. The Morgan fingerprint density at radius 1 is 1.35 bits per heavy atom. The molecule has 0 unspecified atom stereocenters. The number of ether oxygens (including phenoxy) is 2. The maximum atomic E-state index is 11.0. The number of isocyanates is 1. The van der Waals surface area contributed by atoms with Gasteiger partial charge >= 0.3 is 5.97 Å². The summed E-state index contributed by atoms with van der Waals surface area (Å²) >= 11 is 0. The lowest BCUT2D eigenvalue weighted by molar-refractivity contribution is -0.146. The number of hydrogen-bond donors (Lipinski definition) is 1. The van der Waals surface area contributed by atoms with Crippen molar-refractivity contribution in [3.8, 4) is 0 Å². The Labute approximate surface area is 100 Å². The molecular formula is C11H17NO5. The van der Waals surface area contributed by atoms with E-state index in [0.717, 1.165) is 6.08 Å². The monoisotopic (exact) mass is 243 g/mol. The van der Waals surface area contributed by atoms with Gasteiger partial charge in [0.1, 0.15) is 13.0 Å². The van der Waals surface area contributed by atoms with Crippen molar-refractivity contribution in [2.24, 2.45) is 0 Å². The fourth-order valence-electron chi connectivity index (χ4n) is 0.692. The molecule has 0 aliphatic carbocycles. The van der Waals surface area contributed by atoms with Crippen LogP contribution in [0, 0.1) is 5.41 Å². The van der Waals surface area contributed by atoms with E-state index >= 15 is 0 Å². The van der Waals surface area contributed by atoms with E-state index in [9.17, 15) is 9.59 Å². The first-order chi connectivity index (χ1) is 7.99. The Morgan fingerprint density at radius 2 is 1.88 bits per heavy atom. The first-order valence-electron chi connectivity index (χ1n) is 4.95. The molecule has 0 aromatic rings. The zero-order valence-corrected chi connectivity index (χ0v) is 10.1. The predicted molar refractivity (Wildman–Crippen MR) is 60.3 cm³/mol. The van der Waals surface area contributed by atoms with E-state index in [0.29, 0.717) is 18.8 Å². The summed E-state index contributed by atoms with van der Waals surface area (Å²) in [5.41, 5.74) is 0.367. The van der Waals surface area contributed by atoms with Crippen molar-refractivity contribution in [1.82, 2.24) is 0 Å². The van der Waals surface area contributed by atoms with Gasteiger partial charge in [0.05, 0.1) is 6.61 Å². The molecule has 0 radical (unpaired) electrons. The molecule has 0 amide bonds. The van der Waals surface area contributed by atoms with Crippen LogP contribution in [0.15, 0.2) is 12.2 Å². The summed E-state index contributed by atoms with van der Waals surface area (Å²) in [5.74, 6) is -0.816. The van der Waals surface area contributed by atoms with Gasteiger partial charge < -0.3 is 9.47 Å². The number of rotatable bonds is 7. The van der Waals surface area contributed by atoms with Crippen LogP contribution in [0.2, 0.25) is 0 Å². The van der Waals surface area contributed by atoms with Crippen molar-refractivity contribution in [1.29, 1.82) is 5.41 Å². The number of carbonyl (C=O) groups excluding carboxylic acids is 3. The Morgan fingerprint density at radius 3 is 2.29 bits per heavy atom. The third kappa shape index (κ3) is 14.2. The van der Waals surface area contributed by atoms with Crippen molar-refractivity contribution in [3.05, 3.63) is 12.2 Å². The van der Waals surface area contributed by atoms with Gasteiger partial charge in [0, 0.05) is 6.61 Å². The standard InChI is InChI=1S/C10H16O4.CHNO/c1-4-13-5-6-14-10(12)7-9(11)8(2)3;2-1-3/h2,4-7H2,1,3H3;2H. The molecule has 0 aromatic carbocycles. The van der Waals surface area contributed by atoms with Gasteiger partial charge in [0.15, 0.2) is 5.78 Å². The molecule has 0 spiro atoms. The maximum absolute atomic E-state index is 11.0. The third-order valence-electron chi connectivity index (χ3n) is 1.48. The average Bonchev–Trinajstić information content (AvgIpc) is 2.25. The molecule has 6 heteroatoms. The number of esters is 1. The molecule has 0 saturated carbocycles. The van der Waals surface area contributed by atoms with Crippen LogP contribution in [0.5, 0.6) is 0 Å². The highest BCUT2D eigenvalue weighted by Crippen LogP contribution is 1.97. The summed E-state index contributed by atoms with van der Waals surface area (Å²) in [4.78, 5) is 30.3.